The van der Waals surface area contributed by atoms with Gasteiger partial charge in [-0.2, -0.15) is 13.2 Å². The molecule has 1 aromatic carbocycles. The summed E-state index contributed by atoms with van der Waals surface area (Å²) in [7, 11) is 0. The van der Waals surface area contributed by atoms with Crippen LogP contribution in [-0.4, -0.2) is 44.7 Å². The van der Waals surface area contributed by atoms with Crippen LogP contribution in [-0.2, 0) is 12.7 Å². The van der Waals surface area contributed by atoms with E-state index in [0.717, 1.165) is 12.1 Å². The number of amides is 1. The maximum atomic E-state index is 14.7. The number of nitrogens with two attached hydrogens (primary N) is 1. The van der Waals surface area contributed by atoms with Gasteiger partial charge in [0.15, 0.2) is 0 Å². The number of rotatable bonds is 10. The first-order valence-electron chi connectivity index (χ1n) is 11.0. The molecule has 3 rings (SSSR count). The second kappa shape index (κ2) is 11.2. The molecule has 3 aromatic rings. The summed E-state index contributed by atoms with van der Waals surface area (Å²) in [6.45, 7) is 2.07. The van der Waals surface area contributed by atoms with Crippen molar-refractivity contribution in [2.45, 2.75) is 32.2 Å². The van der Waals surface area contributed by atoms with Crippen LogP contribution >= 0.6 is 0 Å². The van der Waals surface area contributed by atoms with Gasteiger partial charge in [0.1, 0.15) is 11.6 Å². The van der Waals surface area contributed by atoms with Gasteiger partial charge >= 0.3 is 11.9 Å². The van der Waals surface area contributed by atoms with E-state index in [2.05, 4.69) is 15.6 Å². The van der Waals surface area contributed by atoms with Gasteiger partial charge in [0.2, 0.25) is 5.82 Å². The zero-order chi connectivity index (χ0) is 27.3. The predicted octanol–water partition coefficient (Wildman–Crippen LogP) is 3.81. The number of hydrogen-bond acceptors (Lipinski definition) is 7. The van der Waals surface area contributed by atoms with Gasteiger partial charge in [-0.1, -0.05) is 6.07 Å². The molecule has 0 saturated carbocycles. The summed E-state index contributed by atoms with van der Waals surface area (Å²) >= 11 is 0. The Morgan fingerprint density at radius 3 is 2.57 bits per heavy atom. The summed E-state index contributed by atoms with van der Waals surface area (Å²) in [4.78, 5) is 26.8. The number of hydrogen-bond donors (Lipinski definition) is 4. The lowest BCUT2D eigenvalue weighted by Gasteiger charge is -2.10. The lowest BCUT2D eigenvalue weighted by atomic mass is 10.0. The number of halogens is 4. The topological polar surface area (TPSA) is 148 Å². The number of aromatic nitrogens is 2. The molecule has 14 heteroatoms. The molecule has 0 aliphatic rings. The van der Waals surface area contributed by atoms with E-state index in [0.29, 0.717) is 31.4 Å². The van der Waals surface area contributed by atoms with Crippen molar-refractivity contribution in [2.75, 3.05) is 24.1 Å². The molecule has 0 saturated heterocycles. The smallest absolute Gasteiger partial charge is 0.392 e. The van der Waals surface area contributed by atoms with Crippen LogP contribution in [0.15, 0.2) is 42.7 Å². The third-order valence-electron chi connectivity index (χ3n) is 5.27. The molecule has 0 spiro atoms. The first-order valence-corrected chi connectivity index (χ1v) is 11.0. The summed E-state index contributed by atoms with van der Waals surface area (Å²) in [5, 5.41) is 25.7. The molecule has 37 heavy (non-hydrogen) atoms. The Morgan fingerprint density at radius 2 is 1.97 bits per heavy atom. The summed E-state index contributed by atoms with van der Waals surface area (Å²) in [5.41, 5.74) is 4.03. The second-order valence-corrected chi connectivity index (χ2v) is 8.21. The van der Waals surface area contributed by atoms with Crippen molar-refractivity contribution in [1.82, 2.24) is 14.9 Å². The van der Waals surface area contributed by atoms with E-state index in [-0.39, 0.29) is 34.7 Å². The average molecular weight is 524 g/mol. The predicted molar refractivity (Wildman–Crippen MR) is 127 cm³/mol. The Kier molecular flexibility index (Phi) is 8.32. The number of nitrogens with one attached hydrogen (secondary N) is 2. The molecule has 198 valence electrons. The quantitative estimate of drug-likeness (QED) is 0.136. The number of aryl methyl sites for hydroxylation is 1. The number of aliphatic hydroxyl groups is 1. The standard InChI is InChI=1S/C23H24F4N6O4/c1-13(34)10-30-22(35)17-12-32(8-2-7-29-20-6-5-19(33(36)37)21(28)31-20)11-16(17)15-4-3-14(9-18(15)24)23(25,26)27/h3-6,9,11-13,34H,2,7-8,10H2,1H3,(H,30,35)(H3,28,29,31)/t13-/m0/s1. The lowest BCUT2D eigenvalue weighted by Crippen LogP contribution is -2.30. The van der Waals surface area contributed by atoms with Crippen LogP contribution in [0.5, 0.6) is 0 Å². The number of aliphatic hydroxyl groups excluding tert-OH is 1. The van der Waals surface area contributed by atoms with Gasteiger partial charge in [0.05, 0.1) is 22.2 Å². The van der Waals surface area contributed by atoms with Crippen molar-refractivity contribution in [2.24, 2.45) is 0 Å². The third-order valence-corrected chi connectivity index (χ3v) is 5.27. The lowest BCUT2D eigenvalue weighted by molar-refractivity contribution is -0.384. The van der Waals surface area contributed by atoms with E-state index in [1.807, 2.05) is 0 Å². The molecule has 0 aliphatic carbocycles. The SMILES string of the molecule is C[C@H](O)CNC(=O)c1cn(CCCNc2ccc([N+](=O)[O-])c(N)n2)cc1-c1ccc(C(F)(F)F)cc1F. The zero-order valence-electron chi connectivity index (χ0n) is 19.6. The molecule has 0 fully saturated rings. The summed E-state index contributed by atoms with van der Waals surface area (Å²) in [5.74, 6) is -1.68. The molecule has 2 aromatic heterocycles. The minimum Gasteiger partial charge on any atom is -0.392 e. The Labute approximate surface area is 208 Å². The Bertz CT molecular complexity index is 1290. The minimum absolute atomic E-state index is 0.0251. The number of carbonyl (C=O) groups excluding carboxylic acids is 1. The molecule has 0 bridgehead atoms. The van der Waals surface area contributed by atoms with Crippen molar-refractivity contribution >= 4 is 23.2 Å². The first kappa shape index (κ1) is 27.4. The van der Waals surface area contributed by atoms with Gasteiger partial charge in [-0.05, 0) is 31.5 Å². The number of benzene rings is 1. The Morgan fingerprint density at radius 1 is 1.24 bits per heavy atom. The average Bonchev–Trinajstić information content (AvgIpc) is 3.23. The van der Waals surface area contributed by atoms with Gasteiger partial charge < -0.3 is 26.0 Å². The fraction of sp³-hybridized carbons (Fsp3) is 0.304. The highest BCUT2D eigenvalue weighted by atomic mass is 19.4. The van der Waals surface area contributed by atoms with Crippen LogP contribution in [0.25, 0.3) is 11.1 Å². The van der Waals surface area contributed by atoms with Crippen molar-refractivity contribution in [1.29, 1.82) is 0 Å². The Hall–Kier alpha value is -4.20. The molecule has 0 unspecified atom stereocenters. The van der Waals surface area contributed by atoms with Crippen LogP contribution in [0.3, 0.4) is 0 Å². The van der Waals surface area contributed by atoms with Crippen molar-refractivity contribution in [3.05, 3.63) is 69.8 Å². The highest BCUT2D eigenvalue weighted by molar-refractivity contribution is 6.01. The van der Waals surface area contributed by atoms with Crippen LogP contribution in [0.2, 0.25) is 0 Å². The maximum absolute atomic E-state index is 14.7. The normalized spacial score (nSPS) is 12.3. The molecule has 1 atom stereocenters. The number of pyridine rings is 1. The van der Waals surface area contributed by atoms with E-state index < -0.39 is 34.5 Å². The van der Waals surface area contributed by atoms with Gasteiger partial charge in [0, 0.05) is 49.2 Å². The van der Waals surface area contributed by atoms with Gasteiger partial charge in [-0.15, -0.1) is 0 Å². The van der Waals surface area contributed by atoms with E-state index >= 15 is 0 Å². The molecular formula is C23H24F4N6O4. The molecule has 5 N–H and O–H groups in total. The van der Waals surface area contributed by atoms with Crippen LogP contribution in [0.4, 0.5) is 34.9 Å². The number of nitro groups is 1. The van der Waals surface area contributed by atoms with E-state index in [9.17, 15) is 37.6 Å². The van der Waals surface area contributed by atoms with Gasteiger partial charge in [0.25, 0.3) is 5.91 Å². The van der Waals surface area contributed by atoms with Crippen molar-refractivity contribution in [3.8, 4) is 11.1 Å². The third kappa shape index (κ3) is 6.94. The van der Waals surface area contributed by atoms with Crippen molar-refractivity contribution in [3.63, 3.8) is 0 Å². The number of alkyl halides is 3. The molecule has 10 nitrogen and oxygen atoms in total. The number of anilines is 2. The fourth-order valence-corrected chi connectivity index (χ4v) is 3.48. The summed E-state index contributed by atoms with van der Waals surface area (Å²) < 4.78 is 55.1. The molecule has 0 radical (unpaired) electrons. The van der Waals surface area contributed by atoms with Crippen LogP contribution in [0, 0.1) is 15.9 Å². The van der Waals surface area contributed by atoms with E-state index in [1.165, 1.54) is 31.5 Å². The number of nitrogen functional groups attached to an aromatic ring is 1. The fourth-order valence-electron chi connectivity index (χ4n) is 3.48. The minimum atomic E-state index is -4.72. The molecule has 1 amide bonds. The summed E-state index contributed by atoms with van der Waals surface area (Å²) in [6, 6.07) is 4.70. The van der Waals surface area contributed by atoms with E-state index in [1.54, 1.807) is 4.57 Å². The van der Waals surface area contributed by atoms with E-state index in [4.69, 9.17) is 5.73 Å². The largest absolute Gasteiger partial charge is 0.416 e. The first-order chi connectivity index (χ1) is 17.4. The second-order valence-electron chi connectivity index (χ2n) is 8.21. The molecule has 0 aliphatic heterocycles. The molecular weight excluding hydrogens is 500 g/mol. The van der Waals surface area contributed by atoms with Crippen molar-refractivity contribution < 1.29 is 32.4 Å². The number of nitrogens with zero attached hydrogens (tertiary/aromatic N) is 3. The monoisotopic (exact) mass is 524 g/mol. The zero-order valence-corrected chi connectivity index (χ0v) is 19.6. The Balaban J connectivity index is 1.77. The van der Waals surface area contributed by atoms with Crippen LogP contribution < -0.4 is 16.4 Å². The highest BCUT2D eigenvalue weighted by Gasteiger charge is 2.31. The number of carbonyl (C=O) groups is 1. The van der Waals surface area contributed by atoms with Gasteiger partial charge in [-0.25, -0.2) is 9.37 Å². The molecule has 2 heterocycles. The van der Waals surface area contributed by atoms with Crippen LogP contribution in [0.1, 0.15) is 29.3 Å². The van der Waals surface area contributed by atoms with Gasteiger partial charge in [-0.3, -0.25) is 14.9 Å². The summed E-state index contributed by atoms with van der Waals surface area (Å²) in [6.07, 6.45) is -2.21. The maximum Gasteiger partial charge on any atom is 0.416 e. The highest BCUT2D eigenvalue weighted by Crippen LogP contribution is 2.34.